The fourth-order valence-electron chi connectivity index (χ4n) is 3.23. The molecule has 1 aromatic carbocycles. The maximum Gasteiger partial charge on any atom is 0.320 e. The molecule has 1 aromatic heterocycles. The molecular formula is C17H21FN4O2. The molecule has 0 amide bonds. The van der Waals surface area contributed by atoms with Crippen molar-refractivity contribution in [1.29, 1.82) is 0 Å². The highest BCUT2D eigenvalue weighted by atomic mass is 19.1. The zero-order chi connectivity index (χ0) is 17.3. The number of nitrogens with zero attached hydrogens (tertiary/aromatic N) is 3. The molecule has 0 radical (unpaired) electrons. The molecule has 3 rings (SSSR count). The largest absolute Gasteiger partial charge is 0.480 e. The topological polar surface area (TPSA) is 72.5 Å². The summed E-state index contributed by atoms with van der Waals surface area (Å²) in [4.78, 5) is 15.6. The molecule has 1 aliphatic heterocycles. The third-order valence-corrected chi connectivity index (χ3v) is 4.60. The van der Waals surface area contributed by atoms with Crippen LogP contribution < -0.4 is 0 Å². The zero-order valence-electron chi connectivity index (χ0n) is 13.7. The van der Waals surface area contributed by atoms with Crippen molar-refractivity contribution in [1.82, 2.24) is 20.0 Å². The van der Waals surface area contributed by atoms with Gasteiger partial charge in [-0.05, 0) is 32.6 Å². The smallest absolute Gasteiger partial charge is 0.320 e. The summed E-state index contributed by atoms with van der Waals surface area (Å²) in [6, 6.07) is 5.97. The number of hydrogen-bond acceptors (Lipinski definition) is 4. The minimum atomic E-state index is -0.810. The Kier molecular flexibility index (Phi) is 4.64. The van der Waals surface area contributed by atoms with Crippen LogP contribution in [0.2, 0.25) is 0 Å². The minimum Gasteiger partial charge on any atom is -0.480 e. The van der Waals surface area contributed by atoms with Gasteiger partial charge in [0, 0.05) is 30.3 Å². The first kappa shape index (κ1) is 16.6. The number of carboxylic acid groups (broad SMARTS) is 1. The number of halogens is 1. The van der Waals surface area contributed by atoms with E-state index < -0.39 is 12.0 Å². The Bertz CT molecular complexity index is 731. The number of aromatic nitrogens is 2. The van der Waals surface area contributed by atoms with Crippen LogP contribution in [0.25, 0.3) is 11.3 Å². The highest BCUT2D eigenvalue weighted by molar-refractivity contribution is 5.74. The number of aliphatic carboxylic acids is 1. The van der Waals surface area contributed by atoms with E-state index in [1.54, 1.807) is 18.3 Å². The summed E-state index contributed by atoms with van der Waals surface area (Å²) in [6.45, 7) is 1.14. The molecule has 6 nitrogen and oxygen atoms in total. The third-order valence-electron chi connectivity index (χ3n) is 4.60. The molecule has 2 atom stereocenters. The lowest BCUT2D eigenvalue weighted by molar-refractivity contribution is -0.142. The summed E-state index contributed by atoms with van der Waals surface area (Å²) in [5.74, 6) is -1.12. The van der Waals surface area contributed by atoms with E-state index in [9.17, 15) is 14.3 Å². The van der Waals surface area contributed by atoms with E-state index in [1.165, 1.54) is 12.1 Å². The molecule has 0 aliphatic carbocycles. The molecule has 128 valence electrons. The van der Waals surface area contributed by atoms with Crippen LogP contribution in [-0.2, 0) is 11.3 Å². The van der Waals surface area contributed by atoms with Gasteiger partial charge >= 0.3 is 5.97 Å². The third kappa shape index (κ3) is 3.32. The second-order valence-electron chi connectivity index (χ2n) is 6.42. The van der Waals surface area contributed by atoms with Gasteiger partial charge in [-0.1, -0.05) is 12.1 Å². The maximum atomic E-state index is 13.5. The molecule has 7 heteroatoms. The van der Waals surface area contributed by atoms with Crippen LogP contribution in [-0.4, -0.2) is 63.8 Å². The Morgan fingerprint density at radius 1 is 1.50 bits per heavy atom. The number of likely N-dealkylation sites (tertiary alicyclic amines) is 1. The number of likely N-dealkylation sites (N-methyl/N-ethyl adjacent to an activating group) is 1. The average Bonchev–Trinajstić information content (AvgIpc) is 3.14. The number of rotatable bonds is 5. The summed E-state index contributed by atoms with van der Waals surface area (Å²) >= 11 is 0. The standard InChI is InChI=1S/C17H21FN4O2/c1-21(2)14-7-15(17(23)24)22(10-14)9-12-8-19-20-16(12)11-4-3-5-13(18)6-11/h3-6,8,14-15H,7,9-10H2,1-2H3,(H,19,20)(H,23,24)/t14-,15+/m1/s1. The predicted molar refractivity (Wildman–Crippen MR) is 87.9 cm³/mol. The Balaban J connectivity index is 1.84. The normalized spacial score (nSPS) is 21.5. The van der Waals surface area contributed by atoms with Gasteiger partial charge < -0.3 is 10.0 Å². The Labute approximate surface area is 139 Å². The summed E-state index contributed by atoms with van der Waals surface area (Å²) in [7, 11) is 3.92. The lowest BCUT2D eigenvalue weighted by Gasteiger charge is -2.21. The number of nitrogens with one attached hydrogen (secondary N) is 1. The number of aromatic amines is 1. The summed E-state index contributed by atoms with van der Waals surface area (Å²) < 4.78 is 13.5. The highest BCUT2D eigenvalue weighted by Gasteiger charge is 2.38. The minimum absolute atomic E-state index is 0.204. The predicted octanol–water partition coefficient (Wildman–Crippen LogP) is 1.80. The number of hydrogen-bond donors (Lipinski definition) is 2. The molecule has 2 N–H and O–H groups in total. The first-order valence-corrected chi connectivity index (χ1v) is 7.87. The van der Waals surface area contributed by atoms with Crippen molar-refractivity contribution in [3.8, 4) is 11.3 Å². The first-order valence-electron chi connectivity index (χ1n) is 7.87. The fraction of sp³-hybridized carbons (Fsp3) is 0.412. The summed E-state index contributed by atoms with van der Waals surface area (Å²) in [5.41, 5.74) is 2.30. The first-order chi connectivity index (χ1) is 11.5. The molecule has 1 aliphatic rings. The van der Waals surface area contributed by atoms with Crippen LogP contribution in [0.15, 0.2) is 30.5 Å². The lowest BCUT2D eigenvalue weighted by atomic mass is 10.1. The molecule has 2 heterocycles. The van der Waals surface area contributed by atoms with Gasteiger partial charge in [0.25, 0.3) is 0 Å². The number of H-pyrrole nitrogens is 1. The molecule has 24 heavy (non-hydrogen) atoms. The van der Waals surface area contributed by atoms with E-state index in [1.807, 2.05) is 19.0 Å². The second kappa shape index (κ2) is 6.70. The van der Waals surface area contributed by atoms with Crippen LogP contribution in [0, 0.1) is 5.82 Å². The molecule has 0 saturated carbocycles. The molecule has 0 unspecified atom stereocenters. The number of carbonyl (C=O) groups is 1. The zero-order valence-corrected chi connectivity index (χ0v) is 13.7. The average molecular weight is 332 g/mol. The highest BCUT2D eigenvalue weighted by Crippen LogP contribution is 2.27. The molecule has 0 bridgehead atoms. The Morgan fingerprint density at radius 2 is 2.29 bits per heavy atom. The molecule has 1 fully saturated rings. The van der Waals surface area contributed by atoms with E-state index in [4.69, 9.17) is 0 Å². The summed E-state index contributed by atoms with van der Waals surface area (Å²) in [5, 5.41) is 16.5. The van der Waals surface area contributed by atoms with Gasteiger partial charge in [-0.3, -0.25) is 14.8 Å². The second-order valence-corrected chi connectivity index (χ2v) is 6.42. The fourth-order valence-corrected chi connectivity index (χ4v) is 3.23. The van der Waals surface area contributed by atoms with Crippen LogP contribution in [0.3, 0.4) is 0 Å². The van der Waals surface area contributed by atoms with Crippen molar-refractivity contribution in [2.24, 2.45) is 0 Å². The van der Waals surface area contributed by atoms with Crippen molar-refractivity contribution in [3.05, 3.63) is 41.8 Å². The van der Waals surface area contributed by atoms with Gasteiger partial charge in [0.2, 0.25) is 0 Å². The number of benzene rings is 1. The van der Waals surface area contributed by atoms with Crippen LogP contribution in [0.1, 0.15) is 12.0 Å². The number of carboxylic acids is 1. The monoisotopic (exact) mass is 332 g/mol. The molecular weight excluding hydrogens is 311 g/mol. The van der Waals surface area contributed by atoms with Crippen LogP contribution in [0.5, 0.6) is 0 Å². The van der Waals surface area contributed by atoms with E-state index in [2.05, 4.69) is 15.1 Å². The van der Waals surface area contributed by atoms with Gasteiger partial charge in [0.1, 0.15) is 11.9 Å². The van der Waals surface area contributed by atoms with Crippen molar-refractivity contribution in [2.45, 2.75) is 25.0 Å². The van der Waals surface area contributed by atoms with E-state index in [0.29, 0.717) is 25.1 Å². The van der Waals surface area contributed by atoms with Gasteiger partial charge in [-0.15, -0.1) is 0 Å². The molecule has 2 aromatic rings. The molecule has 0 spiro atoms. The SMILES string of the molecule is CN(C)[C@@H]1C[C@@H](C(=O)O)N(Cc2cn[nH]c2-c2cccc(F)c2)C1. The van der Waals surface area contributed by atoms with Gasteiger partial charge in [-0.25, -0.2) is 4.39 Å². The quantitative estimate of drug-likeness (QED) is 0.874. The van der Waals surface area contributed by atoms with E-state index >= 15 is 0 Å². The van der Waals surface area contributed by atoms with Crippen molar-refractivity contribution < 1.29 is 14.3 Å². The van der Waals surface area contributed by atoms with Crippen molar-refractivity contribution >= 4 is 5.97 Å². The maximum absolute atomic E-state index is 13.5. The summed E-state index contributed by atoms with van der Waals surface area (Å²) in [6.07, 6.45) is 2.28. The van der Waals surface area contributed by atoms with Crippen molar-refractivity contribution in [3.63, 3.8) is 0 Å². The Morgan fingerprint density at radius 3 is 2.96 bits per heavy atom. The van der Waals surface area contributed by atoms with Crippen LogP contribution in [0.4, 0.5) is 4.39 Å². The Hall–Kier alpha value is -2.25. The van der Waals surface area contributed by atoms with E-state index in [0.717, 1.165) is 11.3 Å². The van der Waals surface area contributed by atoms with Crippen LogP contribution >= 0.6 is 0 Å². The van der Waals surface area contributed by atoms with Gasteiger partial charge in [0.15, 0.2) is 0 Å². The van der Waals surface area contributed by atoms with Gasteiger partial charge in [0.05, 0.1) is 11.9 Å². The van der Waals surface area contributed by atoms with Gasteiger partial charge in [-0.2, -0.15) is 5.10 Å². The molecule has 1 saturated heterocycles. The lowest BCUT2D eigenvalue weighted by Crippen LogP contribution is -2.35. The van der Waals surface area contributed by atoms with E-state index in [-0.39, 0.29) is 11.9 Å². The van der Waals surface area contributed by atoms with Crippen molar-refractivity contribution in [2.75, 3.05) is 20.6 Å².